The van der Waals surface area contributed by atoms with Gasteiger partial charge in [-0.05, 0) is 0 Å². The van der Waals surface area contributed by atoms with Crippen LogP contribution in [0.3, 0.4) is 0 Å². The van der Waals surface area contributed by atoms with Gasteiger partial charge in [-0.3, -0.25) is 0 Å². The molecule has 4 heteroatoms. The zero-order valence-corrected chi connectivity index (χ0v) is 38.2. The maximum atomic E-state index is 8.90. The Morgan fingerprint density at radius 1 is 0.558 bits per heavy atom. The first-order valence-electron chi connectivity index (χ1n) is 20.3. The molecule has 0 bridgehead atoms. The molecule has 2 unspecified atom stereocenters. The van der Waals surface area contributed by atoms with E-state index in [0.717, 1.165) is 51.4 Å². The number of benzene rings is 4. The number of allylic oxidation sites excluding steroid dienone is 2. The summed E-state index contributed by atoms with van der Waals surface area (Å²) in [4.78, 5) is 0. The standard InChI is InChI=1S/2C23H27.C2H7Si.2ClH.Zr/c2*1-4-5-9-18-15-20-11-8-13-22(23(20)16-18)21-12-7-6-10-19(21)14-17(2)3;1-3-2;;;/h2*6-8,10-13,15-17H,4-5,9,14H2,1-3H3;3H,1-2H3;2*1H;/q;;;;;+2/p-2. The van der Waals surface area contributed by atoms with Crippen LogP contribution in [-0.4, -0.2) is 5.92 Å². The van der Waals surface area contributed by atoms with Crippen molar-refractivity contribution in [2.45, 2.75) is 113 Å². The van der Waals surface area contributed by atoms with E-state index >= 15 is 0 Å². The van der Waals surface area contributed by atoms with Gasteiger partial charge in [0.1, 0.15) is 0 Å². The van der Waals surface area contributed by atoms with Crippen LogP contribution < -0.4 is 0 Å². The summed E-state index contributed by atoms with van der Waals surface area (Å²) >= 11 is -4.91. The average molecular weight is 828 g/mol. The Bertz CT molecular complexity index is 1830. The van der Waals surface area contributed by atoms with Crippen molar-refractivity contribution in [2.24, 2.45) is 11.8 Å². The Morgan fingerprint density at radius 3 is 1.31 bits per heavy atom. The van der Waals surface area contributed by atoms with E-state index in [1.807, 2.05) is 0 Å². The quantitative estimate of drug-likeness (QED) is 0.105. The van der Waals surface area contributed by atoms with E-state index in [0.29, 0.717) is 11.8 Å². The molecular formula is C48H61Cl2SiZr. The number of hydrogen-bond donors (Lipinski definition) is 0. The van der Waals surface area contributed by atoms with E-state index in [4.69, 9.17) is 17.0 Å². The maximum absolute atomic E-state index is 8.90. The Labute approximate surface area is 324 Å². The van der Waals surface area contributed by atoms with Crippen LogP contribution in [0.5, 0.6) is 0 Å². The SMILES string of the molecule is CCCCC1=Cc2c(-c3ccccc3CC(C)C)cccc2[CH]1[Zr]([Cl])([Cl])([CH]1C(CCCC)=Cc2c(-c3ccccc3CC(C)C)cccc21)[SiH](C)C. The fourth-order valence-electron chi connectivity index (χ4n) is 9.53. The van der Waals surface area contributed by atoms with Gasteiger partial charge in [-0.2, -0.15) is 0 Å². The van der Waals surface area contributed by atoms with Gasteiger partial charge in [-0.25, -0.2) is 0 Å². The number of rotatable bonds is 15. The number of halogens is 2. The molecule has 0 saturated carbocycles. The Morgan fingerprint density at radius 2 is 0.942 bits per heavy atom. The Balaban J connectivity index is 1.59. The summed E-state index contributed by atoms with van der Waals surface area (Å²) in [5, 5.41) is 0. The molecule has 2 atom stereocenters. The summed E-state index contributed by atoms with van der Waals surface area (Å²) in [7, 11) is 17.8. The van der Waals surface area contributed by atoms with Crippen LogP contribution in [0.25, 0.3) is 34.4 Å². The van der Waals surface area contributed by atoms with Gasteiger partial charge in [0.2, 0.25) is 0 Å². The van der Waals surface area contributed by atoms with Crippen LogP contribution in [-0.2, 0) is 28.4 Å². The summed E-state index contributed by atoms with van der Waals surface area (Å²) in [6.45, 7) is 18.9. The Kier molecular flexibility index (Phi) is 12.5. The van der Waals surface area contributed by atoms with Crippen molar-refractivity contribution in [3.05, 3.63) is 129 Å². The molecular weight excluding hydrogens is 767 g/mol. The van der Waals surface area contributed by atoms with Crippen LogP contribution in [0, 0.1) is 11.8 Å². The molecule has 0 heterocycles. The van der Waals surface area contributed by atoms with Gasteiger partial charge < -0.3 is 0 Å². The van der Waals surface area contributed by atoms with Gasteiger partial charge in [0, 0.05) is 0 Å². The summed E-state index contributed by atoms with van der Waals surface area (Å²) in [6.07, 6.45) is 14.0. The predicted molar refractivity (Wildman–Crippen MR) is 232 cm³/mol. The second-order valence-electron chi connectivity index (χ2n) is 17.0. The third-order valence-corrected chi connectivity index (χ3v) is 63.9. The molecule has 2 aliphatic rings. The van der Waals surface area contributed by atoms with E-state index < -0.39 is 21.5 Å². The molecule has 0 aliphatic heterocycles. The molecule has 0 amide bonds. The van der Waals surface area contributed by atoms with E-state index in [9.17, 15) is 0 Å². The third kappa shape index (κ3) is 7.38. The first-order valence-corrected chi connectivity index (χ1v) is 36.6. The Hall–Kier alpha value is -1.96. The van der Waals surface area contributed by atoms with Crippen molar-refractivity contribution in [3.63, 3.8) is 0 Å². The minimum absolute atomic E-state index is 0.119. The van der Waals surface area contributed by atoms with Gasteiger partial charge in [-0.15, -0.1) is 0 Å². The van der Waals surface area contributed by atoms with Crippen LogP contribution in [0.4, 0.5) is 0 Å². The van der Waals surface area contributed by atoms with Gasteiger partial charge in [0.15, 0.2) is 0 Å². The summed E-state index contributed by atoms with van der Waals surface area (Å²) in [5.74, 6) is -0.489. The normalized spacial score (nSPS) is 17.7. The summed E-state index contributed by atoms with van der Waals surface area (Å²) < 4.78 is 0.237. The van der Waals surface area contributed by atoms with Crippen LogP contribution >= 0.6 is 17.0 Å². The molecule has 4 aromatic carbocycles. The van der Waals surface area contributed by atoms with Crippen molar-refractivity contribution in [3.8, 4) is 22.3 Å². The molecule has 4 aromatic rings. The second-order valence-corrected chi connectivity index (χ2v) is 59.5. The molecule has 0 nitrogen and oxygen atoms in total. The van der Waals surface area contributed by atoms with E-state index in [1.54, 1.807) is 0 Å². The number of fused-ring (bicyclic) bond motifs is 2. The molecule has 6 rings (SSSR count). The third-order valence-electron chi connectivity index (χ3n) is 12.0. The minimum atomic E-state index is -4.91. The summed E-state index contributed by atoms with van der Waals surface area (Å²) in [6, 6.07) is 32.3. The van der Waals surface area contributed by atoms with E-state index in [-0.39, 0.29) is 7.25 Å². The van der Waals surface area contributed by atoms with Crippen molar-refractivity contribution in [2.75, 3.05) is 0 Å². The van der Waals surface area contributed by atoms with Crippen molar-refractivity contribution >= 4 is 35.1 Å². The van der Waals surface area contributed by atoms with Crippen molar-refractivity contribution in [1.29, 1.82) is 0 Å². The molecule has 0 N–H and O–H groups in total. The predicted octanol–water partition coefficient (Wildman–Crippen LogP) is 15.4. The summed E-state index contributed by atoms with van der Waals surface area (Å²) in [5.41, 5.74) is 16.8. The first kappa shape index (κ1) is 39.7. The molecule has 0 fully saturated rings. The zero-order chi connectivity index (χ0) is 37.2. The zero-order valence-electron chi connectivity index (χ0n) is 33.0. The van der Waals surface area contributed by atoms with Crippen molar-refractivity contribution < 1.29 is 15.6 Å². The van der Waals surface area contributed by atoms with E-state index in [2.05, 4.69) is 152 Å². The number of hydrogen-bond acceptors (Lipinski definition) is 0. The topological polar surface area (TPSA) is 0 Å². The van der Waals surface area contributed by atoms with Crippen LogP contribution in [0.1, 0.15) is 121 Å². The van der Waals surface area contributed by atoms with Gasteiger partial charge >= 0.3 is 327 Å². The molecule has 0 radical (unpaired) electrons. The average Bonchev–Trinajstić information content (AvgIpc) is 3.69. The van der Waals surface area contributed by atoms with E-state index in [1.165, 1.54) is 66.8 Å². The molecule has 0 aromatic heterocycles. The number of unbranched alkanes of at least 4 members (excludes halogenated alkanes) is 2. The monoisotopic (exact) mass is 825 g/mol. The molecule has 275 valence electrons. The van der Waals surface area contributed by atoms with Gasteiger partial charge in [0.05, 0.1) is 0 Å². The van der Waals surface area contributed by atoms with Crippen molar-refractivity contribution in [1.82, 2.24) is 0 Å². The molecule has 0 saturated heterocycles. The molecule has 2 aliphatic carbocycles. The van der Waals surface area contributed by atoms with Gasteiger partial charge in [-0.1, -0.05) is 0 Å². The van der Waals surface area contributed by atoms with Crippen LogP contribution in [0.15, 0.2) is 96.1 Å². The van der Waals surface area contributed by atoms with Gasteiger partial charge in [0.25, 0.3) is 0 Å². The fourth-order valence-corrected chi connectivity index (χ4v) is 41.0. The fraction of sp³-hybridized carbons (Fsp3) is 0.417. The molecule has 52 heavy (non-hydrogen) atoms. The molecule has 0 spiro atoms. The first-order chi connectivity index (χ1) is 24.9. The van der Waals surface area contributed by atoms with Crippen LogP contribution in [0.2, 0.25) is 13.1 Å². The second kappa shape index (κ2) is 16.4.